The molecular weight excluding hydrogens is 318 g/mol. The van der Waals surface area contributed by atoms with Crippen molar-refractivity contribution >= 4 is 19.2 Å². The molecule has 6 heteroatoms. The topological polar surface area (TPSA) is 59.9 Å². The summed E-state index contributed by atoms with van der Waals surface area (Å²) in [7, 11) is -1.10. The minimum Gasteiger partial charge on any atom is -0.377 e. The zero-order valence-electron chi connectivity index (χ0n) is 14.3. The van der Waals surface area contributed by atoms with Gasteiger partial charge in [0.1, 0.15) is 0 Å². The van der Waals surface area contributed by atoms with E-state index in [2.05, 4.69) is 35.7 Å². The van der Waals surface area contributed by atoms with E-state index in [0.717, 1.165) is 29.4 Å². The minimum atomic E-state index is -1.10. The summed E-state index contributed by atoms with van der Waals surface area (Å²) in [5, 5.41) is 0. The van der Waals surface area contributed by atoms with Crippen molar-refractivity contribution in [2.24, 2.45) is 0 Å². The molecule has 0 saturated heterocycles. The number of ether oxygens (including phenoxy) is 1. The molecule has 0 aliphatic rings. The molecule has 1 aromatic carbocycles. The number of benzene rings is 1. The molecule has 2 heterocycles. The third-order valence-electron chi connectivity index (χ3n) is 3.88. The molecule has 1 radical (unpaired) electrons. The van der Waals surface area contributed by atoms with Crippen LogP contribution in [0.1, 0.15) is 5.56 Å². The van der Waals surface area contributed by atoms with Crippen molar-refractivity contribution in [3.63, 3.8) is 0 Å². The van der Waals surface area contributed by atoms with Crippen molar-refractivity contribution in [1.82, 2.24) is 14.5 Å². The highest BCUT2D eigenvalue weighted by atomic mass is 28.3. The van der Waals surface area contributed by atoms with Gasteiger partial charge in [0.05, 0.1) is 17.8 Å². The number of hydrogen-bond donors (Lipinski definition) is 1. The van der Waals surface area contributed by atoms with E-state index < -0.39 is 8.07 Å². The van der Waals surface area contributed by atoms with Crippen LogP contribution in [0.4, 0.5) is 0 Å². The van der Waals surface area contributed by atoms with Gasteiger partial charge in [0.2, 0.25) is 0 Å². The van der Waals surface area contributed by atoms with Crippen molar-refractivity contribution in [2.45, 2.75) is 32.3 Å². The number of hydrogen-bond acceptors (Lipinski definition) is 3. The van der Waals surface area contributed by atoms with Gasteiger partial charge in [-0.25, -0.2) is 14.3 Å². The Balaban J connectivity index is 1.88. The maximum Gasteiger partial charge on any atom is 0.332 e. The van der Waals surface area contributed by atoms with Crippen molar-refractivity contribution in [3.8, 4) is 5.69 Å². The molecule has 5 nitrogen and oxygen atoms in total. The molecule has 1 N–H and O–H groups in total. The Morgan fingerprint density at radius 2 is 2.00 bits per heavy atom. The first-order valence-electron chi connectivity index (χ1n) is 8.08. The summed E-state index contributed by atoms with van der Waals surface area (Å²) in [6.45, 7) is 8.21. The second-order valence-corrected chi connectivity index (χ2v) is 12.7. The van der Waals surface area contributed by atoms with Gasteiger partial charge in [0, 0.05) is 26.4 Å². The van der Waals surface area contributed by atoms with Gasteiger partial charge in [-0.1, -0.05) is 31.8 Å². The highest BCUT2D eigenvalue weighted by Gasteiger charge is 2.14. The Kier molecular flexibility index (Phi) is 4.68. The standard InChI is InChI=1S/C18H22N3O2Si/c1-24(2,3)12-11-23-13-14-9-10-19-17-16(14)20-18(22)21(17)15-7-5-4-6-8-15/h5-10H,11-13H2,1-3H3,(H,20,22). The van der Waals surface area contributed by atoms with Crippen LogP contribution in [0.2, 0.25) is 25.7 Å². The third-order valence-corrected chi connectivity index (χ3v) is 5.58. The Morgan fingerprint density at radius 3 is 2.71 bits per heavy atom. The summed E-state index contributed by atoms with van der Waals surface area (Å²) in [6, 6.07) is 13.2. The third kappa shape index (κ3) is 3.65. The molecule has 0 amide bonds. The first-order chi connectivity index (χ1) is 11.5. The number of rotatable bonds is 6. The number of imidazole rings is 1. The molecule has 0 saturated carbocycles. The first kappa shape index (κ1) is 16.7. The van der Waals surface area contributed by atoms with Gasteiger partial charge in [-0.3, -0.25) is 0 Å². The highest BCUT2D eigenvalue weighted by molar-refractivity contribution is 6.76. The second kappa shape index (κ2) is 6.74. The smallest absolute Gasteiger partial charge is 0.332 e. The Labute approximate surface area is 142 Å². The quantitative estimate of drug-likeness (QED) is 0.553. The number of H-pyrrole nitrogens is 1. The SMILES string of the molecule is C[Si](C)(C)CCOCc1ccnc2c1[nH]c(=O)n2-c1cc[c]cc1. The molecule has 0 aliphatic carbocycles. The van der Waals surface area contributed by atoms with Crippen molar-refractivity contribution in [1.29, 1.82) is 0 Å². The fourth-order valence-corrected chi connectivity index (χ4v) is 3.26. The van der Waals surface area contributed by atoms with Crippen LogP contribution in [0.15, 0.2) is 41.3 Å². The summed E-state index contributed by atoms with van der Waals surface area (Å²) in [6.07, 6.45) is 1.72. The summed E-state index contributed by atoms with van der Waals surface area (Å²) in [5.41, 5.74) is 2.89. The number of aromatic nitrogens is 3. The molecule has 2 aromatic heterocycles. The molecule has 0 aliphatic heterocycles. The van der Waals surface area contributed by atoms with E-state index >= 15 is 0 Å². The molecule has 3 aromatic rings. The van der Waals surface area contributed by atoms with Crippen LogP contribution in [0.3, 0.4) is 0 Å². The number of fused-ring (bicyclic) bond motifs is 1. The predicted octanol–water partition coefficient (Wildman–Crippen LogP) is 3.37. The number of aromatic amines is 1. The van der Waals surface area contributed by atoms with Gasteiger partial charge >= 0.3 is 5.69 Å². The number of pyridine rings is 1. The van der Waals surface area contributed by atoms with E-state index in [4.69, 9.17) is 4.74 Å². The van der Waals surface area contributed by atoms with E-state index in [1.165, 1.54) is 0 Å². The van der Waals surface area contributed by atoms with Gasteiger partial charge in [0.25, 0.3) is 0 Å². The zero-order chi connectivity index (χ0) is 17.2. The normalized spacial score (nSPS) is 12.0. The van der Waals surface area contributed by atoms with Crippen LogP contribution in [-0.4, -0.2) is 29.2 Å². The number of nitrogens with one attached hydrogen (secondary N) is 1. The van der Waals surface area contributed by atoms with Crippen LogP contribution in [-0.2, 0) is 11.3 Å². The molecule has 0 spiro atoms. The maximum absolute atomic E-state index is 12.4. The van der Waals surface area contributed by atoms with Crippen LogP contribution < -0.4 is 5.69 Å². The lowest BCUT2D eigenvalue weighted by Gasteiger charge is -2.15. The molecule has 0 bridgehead atoms. The predicted molar refractivity (Wildman–Crippen MR) is 98.3 cm³/mol. The van der Waals surface area contributed by atoms with E-state index in [1.807, 2.05) is 18.2 Å². The van der Waals surface area contributed by atoms with Crippen molar-refractivity contribution < 1.29 is 4.74 Å². The van der Waals surface area contributed by atoms with Crippen LogP contribution in [0, 0.1) is 6.07 Å². The number of nitrogens with zero attached hydrogens (tertiary/aromatic N) is 2. The van der Waals surface area contributed by atoms with Crippen molar-refractivity contribution in [3.05, 3.63) is 58.6 Å². The molecule has 24 heavy (non-hydrogen) atoms. The first-order valence-corrected chi connectivity index (χ1v) is 11.8. The van der Waals surface area contributed by atoms with Gasteiger partial charge < -0.3 is 9.72 Å². The average molecular weight is 340 g/mol. The fraction of sp³-hybridized carbons (Fsp3) is 0.333. The van der Waals surface area contributed by atoms with E-state index in [0.29, 0.717) is 12.3 Å². The monoisotopic (exact) mass is 340 g/mol. The maximum atomic E-state index is 12.4. The molecule has 0 fully saturated rings. The second-order valence-electron chi connectivity index (χ2n) is 7.06. The lowest BCUT2D eigenvalue weighted by Crippen LogP contribution is -2.21. The lowest BCUT2D eigenvalue weighted by atomic mass is 10.2. The Hall–Kier alpha value is -2.18. The molecular formula is C18H22N3O2Si. The van der Waals surface area contributed by atoms with Gasteiger partial charge in [-0.15, -0.1) is 0 Å². The highest BCUT2D eigenvalue weighted by Crippen LogP contribution is 2.18. The molecule has 0 atom stereocenters. The van der Waals surface area contributed by atoms with E-state index in [1.54, 1.807) is 22.9 Å². The van der Waals surface area contributed by atoms with Crippen molar-refractivity contribution in [2.75, 3.05) is 6.61 Å². The van der Waals surface area contributed by atoms with Gasteiger partial charge in [-0.05, 0) is 30.3 Å². The van der Waals surface area contributed by atoms with E-state index in [9.17, 15) is 4.79 Å². The summed E-state index contributed by atoms with van der Waals surface area (Å²) >= 11 is 0. The minimum absolute atomic E-state index is 0.196. The molecule has 3 rings (SSSR count). The largest absolute Gasteiger partial charge is 0.377 e. The molecule has 125 valence electrons. The lowest BCUT2D eigenvalue weighted by molar-refractivity contribution is 0.134. The summed E-state index contributed by atoms with van der Waals surface area (Å²) < 4.78 is 7.41. The van der Waals surface area contributed by atoms with E-state index in [-0.39, 0.29) is 5.69 Å². The zero-order valence-corrected chi connectivity index (χ0v) is 15.3. The fourth-order valence-electron chi connectivity index (χ4n) is 2.50. The summed E-state index contributed by atoms with van der Waals surface area (Å²) in [4.78, 5) is 19.7. The van der Waals surface area contributed by atoms with Crippen LogP contribution in [0.5, 0.6) is 0 Å². The van der Waals surface area contributed by atoms with Crippen LogP contribution in [0.25, 0.3) is 16.9 Å². The molecule has 0 unspecified atom stereocenters. The van der Waals surface area contributed by atoms with Gasteiger partial charge in [-0.2, -0.15) is 0 Å². The Bertz CT molecular complexity index is 879. The van der Waals surface area contributed by atoms with Crippen LogP contribution >= 0.6 is 0 Å². The average Bonchev–Trinajstić information content (AvgIpc) is 2.88. The summed E-state index contributed by atoms with van der Waals surface area (Å²) in [5.74, 6) is 0. The Morgan fingerprint density at radius 1 is 1.25 bits per heavy atom. The van der Waals surface area contributed by atoms with Gasteiger partial charge in [0.15, 0.2) is 5.65 Å².